The average Bonchev–Trinajstić information content (AvgIpc) is 3.11. The van der Waals surface area contributed by atoms with Crippen LogP contribution in [0, 0.1) is 6.92 Å². The summed E-state index contributed by atoms with van der Waals surface area (Å²) in [6.07, 6.45) is 0. The fraction of sp³-hybridized carbons (Fsp3) is 0.211. The Morgan fingerprint density at radius 2 is 1.88 bits per heavy atom. The van der Waals surface area contributed by atoms with Gasteiger partial charge in [-0.1, -0.05) is 59.8 Å². The van der Waals surface area contributed by atoms with Crippen LogP contribution in [0.1, 0.15) is 23.1 Å². The van der Waals surface area contributed by atoms with E-state index >= 15 is 0 Å². The predicted octanol–water partition coefficient (Wildman–Crippen LogP) is 3.05. The summed E-state index contributed by atoms with van der Waals surface area (Å²) in [5, 5.41) is 7.13. The third-order valence-electron chi connectivity index (χ3n) is 3.88. The van der Waals surface area contributed by atoms with E-state index in [4.69, 9.17) is 9.26 Å². The summed E-state index contributed by atoms with van der Waals surface area (Å²) in [6.45, 7) is 2.25. The maximum Gasteiger partial charge on any atom is 0.327 e. The van der Waals surface area contributed by atoms with E-state index in [-0.39, 0.29) is 12.5 Å². The zero-order chi connectivity index (χ0) is 17.6. The summed E-state index contributed by atoms with van der Waals surface area (Å²) in [5.41, 5.74) is 2.80. The fourth-order valence-electron chi connectivity index (χ4n) is 2.55. The Bertz CT molecular complexity index is 846. The van der Waals surface area contributed by atoms with Crippen molar-refractivity contribution in [1.82, 2.24) is 15.5 Å². The lowest BCUT2D eigenvalue weighted by molar-refractivity contribution is -0.143. The van der Waals surface area contributed by atoms with E-state index in [1.165, 1.54) is 7.11 Å². The van der Waals surface area contributed by atoms with Crippen molar-refractivity contribution in [3.63, 3.8) is 0 Å². The van der Waals surface area contributed by atoms with Gasteiger partial charge in [0.25, 0.3) is 0 Å². The molecule has 0 aliphatic rings. The minimum atomic E-state index is -0.597. The summed E-state index contributed by atoms with van der Waals surface area (Å²) in [4.78, 5) is 16.5. The van der Waals surface area contributed by atoms with E-state index in [1.54, 1.807) is 0 Å². The van der Waals surface area contributed by atoms with Crippen molar-refractivity contribution < 1.29 is 14.1 Å². The minimum Gasteiger partial charge on any atom is -0.468 e. The molecule has 1 atom stereocenters. The van der Waals surface area contributed by atoms with E-state index in [1.807, 2.05) is 61.5 Å². The molecule has 25 heavy (non-hydrogen) atoms. The number of carbonyl (C=O) groups is 1. The topological polar surface area (TPSA) is 77.2 Å². The van der Waals surface area contributed by atoms with Crippen LogP contribution in [0.4, 0.5) is 0 Å². The lowest BCUT2D eigenvalue weighted by atomic mass is 10.1. The number of nitrogens with zero attached hydrogens (tertiary/aromatic N) is 2. The van der Waals surface area contributed by atoms with Crippen molar-refractivity contribution in [3.05, 3.63) is 71.6 Å². The third-order valence-corrected chi connectivity index (χ3v) is 3.88. The highest BCUT2D eigenvalue weighted by atomic mass is 16.5. The maximum atomic E-state index is 12.1. The summed E-state index contributed by atoms with van der Waals surface area (Å²) in [7, 11) is 1.36. The molecule has 0 amide bonds. The normalized spacial score (nSPS) is 11.9. The Hall–Kier alpha value is -2.99. The summed E-state index contributed by atoms with van der Waals surface area (Å²) in [6, 6.07) is 16.6. The molecule has 128 valence electrons. The number of rotatable bonds is 6. The van der Waals surface area contributed by atoms with Crippen molar-refractivity contribution in [1.29, 1.82) is 0 Å². The number of nitrogens with one attached hydrogen (secondary N) is 1. The Balaban J connectivity index is 1.74. The molecule has 0 radical (unpaired) electrons. The van der Waals surface area contributed by atoms with Gasteiger partial charge in [-0.3, -0.25) is 5.32 Å². The summed E-state index contributed by atoms with van der Waals surface area (Å²) < 4.78 is 10.2. The number of aromatic nitrogens is 2. The van der Waals surface area contributed by atoms with Gasteiger partial charge >= 0.3 is 5.97 Å². The molecule has 2 aromatic carbocycles. The molecule has 3 aromatic rings. The first kappa shape index (κ1) is 16.9. The first-order valence-electron chi connectivity index (χ1n) is 7.94. The van der Waals surface area contributed by atoms with Gasteiger partial charge in [-0.15, -0.1) is 0 Å². The van der Waals surface area contributed by atoms with Gasteiger partial charge < -0.3 is 9.26 Å². The Labute approximate surface area is 145 Å². The second-order valence-electron chi connectivity index (χ2n) is 5.57. The molecule has 6 nitrogen and oxygen atoms in total. The monoisotopic (exact) mass is 337 g/mol. The van der Waals surface area contributed by atoms with Gasteiger partial charge in [0.2, 0.25) is 11.7 Å². The van der Waals surface area contributed by atoms with Crippen molar-refractivity contribution in [2.24, 2.45) is 0 Å². The van der Waals surface area contributed by atoms with Crippen LogP contribution in [0.25, 0.3) is 11.4 Å². The largest absolute Gasteiger partial charge is 0.468 e. The zero-order valence-corrected chi connectivity index (χ0v) is 14.1. The standard InChI is InChI=1S/C19H19N3O3/c1-13-8-6-7-11-15(13)18-21-16(25-22-18)12-20-17(19(23)24-2)14-9-4-3-5-10-14/h3-11,17,20H,12H2,1-2H3/t17-/m0/s1. The molecule has 1 N–H and O–H groups in total. The number of hydrogen-bond acceptors (Lipinski definition) is 6. The van der Waals surface area contributed by atoms with Crippen LogP contribution in [0.5, 0.6) is 0 Å². The number of benzene rings is 2. The van der Waals surface area contributed by atoms with E-state index in [2.05, 4.69) is 15.5 Å². The predicted molar refractivity (Wildman–Crippen MR) is 92.5 cm³/mol. The number of hydrogen-bond donors (Lipinski definition) is 1. The number of methoxy groups -OCH3 is 1. The first-order chi connectivity index (χ1) is 12.2. The fourth-order valence-corrected chi connectivity index (χ4v) is 2.55. The molecule has 0 fully saturated rings. The molecule has 1 aromatic heterocycles. The smallest absolute Gasteiger partial charge is 0.327 e. The molecule has 0 aliphatic carbocycles. The number of carbonyl (C=O) groups excluding carboxylic acids is 1. The lowest BCUT2D eigenvalue weighted by Gasteiger charge is -2.15. The lowest BCUT2D eigenvalue weighted by Crippen LogP contribution is -2.29. The second kappa shape index (κ2) is 7.72. The quantitative estimate of drug-likeness (QED) is 0.697. The Morgan fingerprint density at radius 3 is 2.60 bits per heavy atom. The molecular formula is C19H19N3O3. The molecule has 0 unspecified atom stereocenters. The molecule has 0 saturated carbocycles. The van der Waals surface area contributed by atoms with Gasteiger partial charge in [-0.25, -0.2) is 4.79 Å². The Kier molecular flexibility index (Phi) is 5.20. The highest BCUT2D eigenvalue weighted by Gasteiger charge is 2.21. The maximum absolute atomic E-state index is 12.1. The molecule has 3 rings (SSSR count). The van der Waals surface area contributed by atoms with Crippen LogP contribution in [-0.4, -0.2) is 23.2 Å². The van der Waals surface area contributed by atoms with Crippen LogP contribution < -0.4 is 5.32 Å². The van der Waals surface area contributed by atoms with Crippen LogP contribution in [0.3, 0.4) is 0 Å². The molecular weight excluding hydrogens is 318 g/mol. The second-order valence-corrected chi connectivity index (χ2v) is 5.57. The van der Waals surface area contributed by atoms with Gasteiger partial charge in [0, 0.05) is 5.56 Å². The minimum absolute atomic E-state index is 0.257. The highest BCUT2D eigenvalue weighted by molar-refractivity contribution is 5.77. The molecule has 1 heterocycles. The van der Waals surface area contributed by atoms with E-state index in [0.717, 1.165) is 16.7 Å². The third kappa shape index (κ3) is 3.92. The number of esters is 1. The molecule has 0 spiro atoms. The van der Waals surface area contributed by atoms with Gasteiger partial charge in [-0.05, 0) is 18.1 Å². The molecule has 0 aliphatic heterocycles. The zero-order valence-electron chi connectivity index (χ0n) is 14.1. The molecule has 6 heteroatoms. The van der Waals surface area contributed by atoms with Crippen molar-refractivity contribution in [2.45, 2.75) is 19.5 Å². The van der Waals surface area contributed by atoms with E-state index in [0.29, 0.717) is 11.7 Å². The van der Waals surface area contributed by atoms with Crippen LogP contribution in [-0.2, 0) is 16.1 Å². The van der Waals surface area contributed by atoms with E-state index in [9.17, 15) is 4.79 Å². The van der Waals surface area contributed by atoms with E-state index < -0.39 is 6.04 Å². The number of aryl methyl sites for hydroxylation is 1. The van der Waals surface area contributed by atoms with Crippen LogP contribution >= 0.6 is 0 Å². The van der Waals surface area contributed by atoms with Gasteiger partial charge in [0.1, 0.15) is 6.04 Å². The molecule has 0 saturated heterocycles. The Morgan fingerprint density at radius 1 is 1.16 bits per heavy atom. The molecule has 0 bridgehead atoms. The van der Waals surface area contributed by atoms with Crippen molar-refractivity contribution in [2.75, 3.05) is 7.11 Å². The SMILES string of the molecule is COC(=O)[C@@H](NCc1nc(-c2ccccc2C)no1)c1ccccc1. The van der Waals surface area contributed by atoms with Crippen molar-refractivity contribution in [3.8, 4) is 11.4 Å². The summed E-state index contributed by atoms with van der Waals surface area (Å²) in [5.74, 6) is 0.567. The summed E-state index contributed by atoms with van der Waals surface area (Å²) >= 11 is 0. The average molecular weight is 337 g/mol. The van der Waals surface area contributed by atoms with Gasteiger partial charge in [-0.2, -0.15) is 4.98 Å². The van der Waals surface area contributed by atoms with Crippen molar-refractivity contribution >= 4 is 5.97 Å². The van der Waals surface area contributed by atoms with Crippen LogP contribution in [0.2, 0.25) is 0 Å². The van der Waals surface area contributed by atoms with Gasteiger partial charge in [0.05, 0.1) is 13.7 Å². The number of ether oxygens (including phenoxy) is 1. The van der Waals surface area contributed by atoms with Crippen LogP contribution in [0.15, 0.2) is 59.1 Å². The van der Waals surface area contributed by atoms with Gasteiger partial charge in [0.15, 0.2) is 0 Å². The highest BCUT2D eigenvalue weighted by Crippen LogP contribution is 2.20. The first-order valence-corrected chi connectivity index (χ1v) is 7.94.